The third kappa shape index (κ3) is 13.1. The molecule has 0 bridgehead atoms. The van der Waals surface area contributed by atoms with Crippen LogP contribution in [0, 0.1) is 0 Å². The van der Waals surface area contributed by atoms with Gasteiger partial charge in [0.25, 0.3) is 0 Å². The molecule has 0 spiro atoms. The van der Waals surface area contributed by atoms with Gasteiger partial charge < -0.3 is 20.1 Å². The monoisotopic (exact) mass is 569 g/mol. The molecular formula is C23H35N3O2S2Sn. The molecule has 0 saturated heterocycles. The van der Waals surface area contributed by atoms with Crippen LogP contribution in [0.2, 0.25) is 0 Å². The van der Waals surface area contributed by atoms with Crippen molar-refractivity contribution in [3.05, 3.63) is 48.5 Å². The topological polar surface area (TPSA) is 68.5 Å². The third-order valence-corrected chi connectivity index (χ3v) is 8.38. The molecule has 2 aromatic rings. The molecule has 5 nitrogen and oxygen atoms in total. The van der Waals surface area contributed by atoms with E-state index in [0.717, 1.165) is 26.1 Å². The van der Waals surface area contributed by atoms with Crippen LogP contribution in [0.4, 0.5) is 11.4 Å². The van der Waals surface area contributed by atoms with Gasteiger partial charge >= 0.3 is 75.3 Å². The molecule has 2 unspecified atom stereocenters. The third-order valence-electron chi connectivity index (χ3n) is 4.06. The molecule has 0 amide bonds. The molecule has 2 rings (SSSR count). The first-order valence-electron chi connectivity index (χ1n) is 10.5. The van der Waals surface area contributed by atoms with Crippen LogP contribution in [-0.2, 0) is 0 Å². The van der Waals surface area contributed by atoms with Gasteiger partial charge in [0.05, 0.1) is 13.2 Å². The number of hydrogen-bond donors (Lipinski definition) is 3. The van der Waals surface area contributed by atoms with Crippen molar-refractivity contribution in [2.24, 2.45) is 5.73 Å². The zero-order chi connectivity index (χ0) is 23.1. The van der Waals surface area contributed by atoms with Crippen LogP contribution in [0.5, 0.6) is 11.5 Å². The molecule has 0 aliphatic heterocycles. The molecule has 0 heterocycles. The summed E-state index contributed by atoms with van der Waals surface area (Å²) in [5.41, 5.74) is 7.42. The molecule has 2 radical (unpaired) electrons. The Balaban J connectivity index is 0.000000452. The van der Waals surface area contributed by atoms with Crippen molar-refractivity contribution >= 4 is 63.0 Å². The van der Waals surface area contributed by atoms with Crippen LogP contribution in [-0.4, -0.2) is 56.4 Å². The molecule has 0 saturated carbocycles. The molecule has 170 valence electrons. The minimum atomic E-state index is 0.395. The summed E-state index contributed by atoms with van der Waals surface area (Å²) in [5.74, 6) is 1.69. The summed E-state index contributed by atoms with van der Waals surface area (Å²) in [4.78, 5) is 0. The van der Waals surface area contributed by atoms with E-state index >= 15 is 0 Å². The van der Waals surface area contributed by atoms with Crippen LogP contribution in [0.1, 0.15) is 33.6 Å². The van der Waals surface area contributed by atoms with Gasteiger partial charge in [0.2, 0.25) is 0 Å². The fourth-order valence-electron chi connectivity index (χ4n) is 2.44. The molecule has 0 fully saturated rings. The maximum absolute atomic E-state index is 5.60. The molecule has 0 aromatic heterocycles. The van der Waals surface area contributed by atoms with E-state index in [-0.39, 0.29) is 0 Å². The summed E-state index contributed by atoms with van der Waals surface area (Å²) < 4.78 is 11.7. The van der Waals surface area contributed by atoms with Gasteiger partial charge in [-0.05, 0) is 74.6 Å². The van der Waals surface area contributed by atoms with E-state index in [9.17, 15) is 0 Å². The molecule has 0 aliphatic rings. The maximum atomic E-state index is 5.60. The average molecular weight is 568 g/mol. The first-order chi connectivity index (χ1) is 14.9. The Hall–Kier alpha value is -1.16. The predicted molar refractivity (Wildman–Crippen MR) is 142 cm³/mol. The van der Waals surface area contributed by atoms with Crippen molar-refractivity contribution in [2.75, 3.05) is 30.1 Å². The molecule has 4 N–H and O–H groups in total. The first-order valence-corrected chi connectivity index (χ1v) is 14.1. The Morgan fingerprint density at radius 1 is 0.935 bits per heavy atom. The average Bonchev–Trinajstić information content (AvgIpc) is 2.75. The number of thiocarbonyl (C=S) groups is 1. The van der Waals surface area contributed by atoms with E-state index < -0.39 is 0 Å². The second-order valence-corrected chi connectivity index (χ2v) is 12.0. The standard InChI is InChI=1S/C17H20N2O2S.C6H14NS.Sn.H/c1-3-20-15-9-5-13(6-10-15)18-17(22)19-14-7-11-16(12-8-14)21-4-2;1-6(7)4-3-5-8-2;;/h5-12H,3-4H2,1-2H3,(H2,18,19,22);5-6H,3-4,7H2,1-2H3;;. The molecule has 2 atom stereocenters. The van der Waals surface area contributed by atoms with Crippen molar-refractivity contribution in [3.63, 3.8) is 0 Å². The Kier molecular flexibility index (Phi) is 14.8. The molecule has 2 aromatic carbocycles. The van der Waals surface area contributed by atoms with Crippen molar-refractivity contribution in [1.82, 2.24) is 0 Å². The number of ether oxygens (including phenoxy) is 2. The Bertz CT molecular complexity index is 690. The second-order valence-electron chi connectivity index (χ2n) is 6.82. The normalized spacial score (nSPS) is 12.1. The van der Waals surface area contributed by atoms with E-state index in [1.807, 2.05) is 74.1 Å². The minimum absolute atomic E-state index is 0.395. The molecule has 8 heteroatoms. The molecular weight excluding hydrogens is 533 g/mol. The van der Waals surface area contributed by atoms with Gasteiger partial charge in [0.15, 0.2) is 5.11 Å². The van der Waals surface area contributed by atoms with Gasteiger partial charge in [0, 0.05) is 11.4 Å². The van der Waals surface area contributed by atoms with Crippen molar-refractivity contribution < 1.29 is 9.47 Å². The van der Waals surface area contributed by atoms with Gasteiger partial charge in [-0.3, -0.25) is 0 Å². The van der Waals surface area contributed by atoms with E-state index in [1.54, 1.807) is 0 Å². The summed E-state index contributed by atoms with van der Waals surface area (Å²) in [6.45, 7) is 7.31. The van der Waals surface area contributed by atoms with Gasteiger partial charge in [-0.25, -0.2) is 0 Å². The predicted octanol–water partition coefficient (Wildman–Crippen LogP) is 5.00. The molecule has 31 heavy (non-hydrogen) atoms. The van der Waals surface area contributed by atoms with Crippen molar-refractivity contribution in [3.8, 4) is 11.5 Å². The number of thioether (sulfide) groups is 1. The summed E-state index contributed by atoms with van der Waals surface area (Å²) >= 11 is 8.63. The van der Waals surface area contributed by atoms with E-state index in [0.29, 0.717) is 24.4 Å². The number of nitrogens with two attached hydrogens (primary N) is 1. The quantitative estimate of drug-likeness (QED) is 0.276. The van der Waals surface area contributed by atoms with Crippen molar-refractivity contribution in [1.29, 1.82) is 0 Å². The van der Waals surface area contributed by atoms with Gasteiger partial charge in [0.1, 0.15) is 11.5 Å². The first kappa shape index (κ1) is 27.9. The number of anilines is 2. The summed E-state index contributed by atoms with van der Waals surface area (Å²) in [7, 11) is 0. The van der Waals surface area contributed by atoms with E-state index in [2.05, 4.69) is 23.8 Å². The van der Waals surface area contributed by atoms with Crippen LogP contribution in [0.25, 0.3) is 0 Å². The number of rotatable bonds is 10. The number of benzene rings is 2. The SMILES string of the molecule is CCOc1ccc(NC(=S)Nc2ccc(OCC)cc2)cc1.CS[CH]([SnH])CCC(C)N. The Morgan fingerprint density at radius 2 is 1.35 bits per heavy atom. The summed E-state index contributed by atoms with van der Waals surface area (Å²) in [6.07, 6.45) is 4.67. The number of hydrogen-bond acceptors (Lipinski definition) is 5. The zero-order valence-corrected chi connectivity index (χ0v) is 23.8. The van der Waals surface area contributed by atoms with Gasteiger partial charge in [-0.2, -0.15) is 0 Å². The Labute approximate surface area is 210 Å². The fraction of sp³-hybridized carbons (Fsp3) is 0.435. The van der Waals surface area contributed by atoms with E-state index in [1.165, 1.54) is 35.4 Å². The summed E-state index contributed by atoms with van der Waals surface area (Å²) in [6, 6.07) is 15.7. The number of nitrogens with one attached hydrogen (secondary N) is 2. The van der Waals surface area contributed by atoms with Crippen LogP contribution >= 0.6 is 24.0 Å². The van der Waals surface area contributed by atoms with Crippen LogP contribution in [0.15, 0.2) is 48.5 Å². The molecule has 0 aliphatic carbocycles. The second kappa shape index (κ2) is 16.5. The fourth-order valence-corrected chi connectivity index (χ4v) is 3.60. The van der Waals surface area contributed by atoms with Gasteiger partial charge in [-0.15, -0.1) is 0 Å². The zero-order valence-electron chi connectivity index (χ0n) is 18.9. The van der Waals surface area contributed by atoms with Crippen LogP contribution < -0.4 is 25.8 Å². The van der Waals surface area contributed by atoms with Crippen molar-refractivity contribution in [2.45, 2.75) is 42.9 Å². The van der Waals surface area contributed by atoms with Crippen LogP contribution in [0.3, 0.4) is 0 Å². The Morgan fingerprint density at radius 3 is 1.68 bits per heavy atom. The van der Waals surface area contributed by atoms with Gasteiger partial charge in [-0.1, -0.05) is 0 Å². The summed E-state index contributed by atoms with van der Waals surface area (Å²) in [5, 5.41) is 6.80. The van der Waals surface area contributed by atoms with E-state index in [4.69, 9.17) is 27.4 Å².